The van der Waals surface area contributed by atoms with E-state index in [4.69, 9.17) is 4.74 Å². The Labute approximate surface area is 183 Å². The molecule has 2 amide bonds. The third-order valence-electron chi connectivity index (χ3n) is 6.30. The number of hydrogen-bond donors (Lipinski definition) is 0. The van der Waals surface area contributed by atoms with E-state index in [1.807, 2.05) is 0 Å². The lowest BCUT2D eigenvalue weighted by Gasteiger charge is -2.40. The lowest BCUT2D eigenvalue weighted by Crippen LogP contribution is -2.59. The quantitative estimate of drug-likeness (QED) is 0.683. The van der Waals surface area contributed by atoms with Gasteiger partial charge >= 0.3 is 6.03 Å². The van der Waals surface area contributed by atoms with Crippen molar-refractivity contribution >= 4 is 12.2 Å². The minimum Gasteiger partial charge on any atom is -0.468 e. The number of amides is 2. The fourth-order valence-electron chi connectivity index (χ4n) is 4.58. The maximum atomic E-state index is 14.2. The number of likely N-dealkylation sites (tertiary alicyclic amines) is 1. The molecular weight excluding hydrogens is 421 g/mol. The lowest BCUT2D eigenvalue weighted by atomic mass is 10.0. The Morgan fingerprint density at radius 1 is 1.03 bits per heavy atom. The Morgan fingerprint density at radius 2 is 1.75 bits per heavy atom. The monoisotopic (exact) mass is 444 g/mol. The molecule has 1 saturated heterocycles. The van der Waals surface area contributed by atoms with Crippen molar-refractivity contribution in [3.05, 3.63) is 59.0 Å². The van der Waals surface area contributed by atoms with Crippen LogP contribution in [-0.4, -0.2) is 46.3 Å². The van der Waals surface area contributed by atoms with E-state index in [0.29, 0.717) is 17.9 Å². The average molecular weight is 444 g/mol. The van der Waals surface area contributed by atoms with E-state index in [-0.39, 0.29) is 31.1 Å². The molecule has 0 spiro atoms. The van der Waals surface area contributed by atoms with Crippen LogP contribution in [0.3, 0.4) is 0 Å². The number of carbonyl (C=O) groups excluding carboxylic acids is 1. The third-order valence-corrected chi connectivity index (χ3v) is 6.30. The van der Waals surface area contributed by atoms with Gasteiger partial charge in [0.2, 0.25) is 0 Å². The summed E-state index contributed by atoms with van der Waals surface area (Å²) < 4.78 is 47.2. The van der Waals surface area contributed by atoms with Gasteiger partial charge in [-0.3, -0.25) is 0 Å². The number of aromatic nitrogens is 1. The maximum absolute atomic E-state index is 14.2. The highest BCUT2D eigenvalue weighted by molar-refractivity contribution is 5.79. The van der Waals surface area contributed by atoms with Crippen LogP contribution in [0.4, 0.5) is 18.0 Å². The molecule has 9 heteroatoms. The standard InChI is InChI=1S/C23H23F3N4O2/c24-16-9-15(10-17(25)11-16)21-7-8-27-30(21)23(31)29-12-18(13-29)32-22-19(26)5-6-20(28-22)14-3-1-2-4-14/h5-6,8-11,14,18,21H,1-4,7,12-13H2. The number of hydrazone groups is 1. The first-order valence-electron chi connectivity index (χ1n) is 10.9. The van der Waals surface area contributed by atoms with Crippen molar-refractivity contribution in [3.8, 4) is 5.88 Å². The molecule has 2 aromatic rings. The Hall–Kier alpha value is -3.10. The van der Waals surface area contributed by atoms with Gasteiger partial charge in [-0.2, -0.15) is 5.10 Å². The molecule has 32 heavy (non-hydrogen) atoms. The molecular formula is C23H23F3N4O2. The van der Waals surface area contributed by atoms with Gasteiger partial charge in [0.15, 0.2) is 5.82 Å². The number of rotatable bonds is 4. The third kappa shape index (κ3) is 4.03. The van der Waals surface area contributed by atoms with Crippen LogP contribution in [0.1, 0.15) is 55.3 Å². The summed E-state index contributed by atoms with van der Waals surface area (Å²) in [5, 5.41) is 5.32. The number of halogens is 3. The number of carbonyl (C=O) groups is 1. The number of ether oxygens (including phenoxy) is 1. The van der Waals surface area contributed by atoms with E-state index < -0.39 is 23.5 Å². The number of nitrogens with zero attached hydrogens (tertiary/aromatic N) is 4. The van der Waals surface area contributed by atoms with Crippen LogP contribution in [0.2, 0.25) is 0 Å². The molecule has 1 unspecified atom stereocenters. The van der Waals surface area contributed by atoms with Gasteiger partial charge in [0.05, 0.1) is 19.1 Å². The zero-order valence-electron chi connectivity index (χ0n) is 17.4. The van der Waals surface area contributed by atoms with Crippen molar-refractivity contribution in [1.29, 1.82) is 0 Å². The van der Waals surface area contributed by atoms with Gasteiger partial charge in [-0.05, 0) is 42.7 Å². The molecule has 1 aromatic heterocycles. The van der Waals surface area contributed by atoms with Crippen molar-refractivity contribution in [2.24, 2.45) is 5.10 Å². The Bertz CT molecular complexity index is 1030. The van der Waals surface area contributed by atoms with E-state index in [2.05, 4.69) is 10.1 Å². The first-order valence-corrected chi connectivity index (χ1v) is 10.9. The average Bonchev–Trinajstić information content (AvgIpc) is 3.42. The van der Waals surface area contributed by atoms with E-state index in [1.54, 1.807) is 12.3 Å². The van der Waals surface area contributed by atoms with Crippen LogP contribution >= 0.6 is 0 Å². The highest BCUT2D eigenvalue weighted by Crippen LogP contribution is 2.35. The van der Waals surface area contributed by atoms with Crippen LogP contribution in [0.5, 0.6) is 5.88 Å². The smallest absolute Gasteiger partial charge is 0.341 e. The molecule has 3 aliphatic rings. The summed E-state index contributed by atoms with van der Waals surface area (Å²) in [6.07, 6.45) is 5.95. The van der Waals surface area contributed by atoms with E-state index in [9.17, 15) is 18.0 Å². The predicted molar refractivity (Wildman–Crippen MR) is 111 cm³/mol. The molecule has 0 bridgehead atoms. The molecule has 2 aliphatic heterocycles. The van der Waals surface area contributed by atoms with Crippen molar-refractivity contribution in [1.82, 2.24) is 14.9 Å². The normalized spacial score (nSPS) is 21.3. The molecule has 3 heterocycles. The number of benzene rings is 1. The minimum atomic E-state index is -0.703. The van der Waals surface area contributed by atoms with Crippen LogP contribution < -0.4 is 4.74 Å². The second kappa shape index (κ2) is 8.44. The van der Waals surface area contributed by atoms with Gasteiger partial charge in [0.1, 0.15) is 17.7 Å². The van der Waals surface area contributed by atoms with E-state index in [1.165, 1.54) is 28.1 Å². The molecule has 1 saturated carbocycles. The zero-order chi connectivity index (χ0) is 22.2. The van der Waals surface area contributed by atoms with Crippen molar-refractivity contribution in [2.45, 2.75) is 50.2 Å². The molecule has 6 nitrogen and oxygen atoms in total. The number of hydrogen-bond acceptors (Lipinski definition) is 4. The largest absolute Gasteiger partial charge is 0.468 e. The van der Waals surface area contributed by atoms with Crippen LogP contribution in [-0.2, 0) is 0 Å². The van der Waals surface area contributed by atoms with Crippen LogP contribution in [0, 0.1) is 17.5 Å². The van der Waals surface area contributed by atoms with Crippen LogP contribution in [0.25, 0.3) is 0 Å². The topological polar surface area (TPSA) is 58.0 Å². The predicted octanol–water partition coefficient (Wildman–Crippen LogP) is 4.77. The van der Waals surface area contributed by atoms with Crippen molar-refractivity contribution in [3.63, 3.8) is 0 Å². The zero-order valence-corrected chi connectivity index (χ0v) is 17.4. The van der Waals surface area contributed by atoms with Crippen molar-refractivity contribution in [2.75, 3.05) is 13.1 Å². The van der Waals surface area contributed by atoms with Gasteiger partial charge in [0, 0.05) is 30.3 Å². The van der Waals surface area contributed by atoms with E-state index in [0.717, 1.165) is 37.4 Å². The fourth-order valence-corrected chi connectivity index (χ4v) is 4.58. The molecule has 1 aromatic carbocycles. The molecule has 1 aliphatic carbocycles. The lowest BCUT2D eigenvalue weighted by molar-refractivity contribution is 0.0229. The summed E-state index contributed by atoms with van der Waals surface area (Å²) in [4.78, 5) is 18.8. The SMILES string of the molecule is O=C(N1CC(Oc2nc(C3CCCC3)ccc2F)C1)N1N=CCC1c1cc(F)cc(F)c1. The maximum Gasteiger partial charge on any atom is 0.341 e. The Balaban J connectivity index is 1.21. The Morgan fingerprint density at radius 3 is 2.47 bits per heavy atom. The molecule has 0 N–H and O–H groups in total. The molecule has 1 atom stereocenters. The summed E-state index contributed by atoms with van der Waals surface area (Å²) in [6, 6.07) is 5.34. The van der Waals surface area contributed by atoms with E-state index >= 15 is 0 Å². The van der Waals surface area contributed by atoms with Gasteiger partial charge < -0.3 is 9.64 Å². The number of urea groups is 1. The first-order chi connectivity index (χ1) is 15.5. The number of pyridine rings is 1. The van der Waals surface area contributed by atoms with Gasteiger partial charge in [-0.1, -0.05) is 12.8 Å². The highest BCUT2D eigenvalue weighted by atomic mass is 19.1. The fraction of sp³-hybridized carbons (Fsp3) is 0.435. The first kappa shape index (κ1) is 20.8. The summed E-state index contributed by atoms with van der Waals surface area (Å²) in [5.74, 6) is -1.61. The van der Waals surface area contributed by atoms with Gasteiger partial charge in [-0.25, -0.2) is 28.0 Å². The molecule has 5 rings (SSSR count). The summed E-state index contributed by atoms with van der Waals surface area (Å²) in [6.45, 7) is 0.508. The highest BCUT2D eigenvalue weighted by Gasteiger charge is 2.39. The van der Waals surface area contributed by atoms with Gasteiger partial charge in [-0.15, -0.1) is 0 Å². The summed E-state index contributed by atoms with van der Waals surface area (Å²) in [5.41, 5.74) is 1.19. The minimum absolute atomic E-state index is 0.0289. The van der Waals surface area contributed by atoms with Crippen molar-refractivity contribution < 1.29 is 22.7 Å². The van der Waals surface area contributed by atoms with Gasteiger partial charge in [0.25, 0.3) is 5.88 Å². The summed E-state index contributed by atoms with van der Waals surface area (Å²) >= 11 is 0. The summed E-state index contributed by atoms with van der Waals surface area (Å²) in [7, 11) is 0. The Kier molecular flexibility index (Phi) is 5.48. The second-order valence-electron chi connectivity index (χ2n) is 8.53. The van der Waals surface area contributed by atoms with Crippen LogP contribution in [0.15, 0.2) is 35.4 Å². The molecule has 0 radical (unpaired) electrons. The molecule has 2 fully saturated rings. The second-order valence-corrected chi connectivity index (χ2v) is 8.53. The molecule has 168 valence electrons.